The average molecular weight is 386 g/mol. The van der Waals surface area contributed by atoms with Crippen LogP contribution in [-0.2, 0) is 11.3 Å². The van der Waals surface area contributed by atoms with Gasteiger partial charge in [-0.2, -0.15) is 4.98 Å². The van der Waals surface area contributed by atoms with Crippen molar-refractivity contribution in [3.8, 4) is 22.9 Å². The molecule has 28 heavy (non-hydrogen) atoms. The molecule has 0 bridgehead atoms. The van der Waals surface area contributed by atoms with Gasteiger partial charge in [0.05, 0.1) is 19.8 Å². The topological polar surface area (TPSA) is 107 Å². The van der Waals surface area contributed by atoms with Crippen LogP contribution in [0.1, 0.15) is 38.0 Å². The Bertz CT molecular complexity index is 903. The van der Waals surface area contributed by atoms with Crippen LogP contribution in [0.2, 0.25) is 0 Å². The Kier molecular flexibility index (Phi) is 4.66. The minimum atomic E-state index is -0.770. The molecule has 4 rings (SSSR count). The average Bonchev–Trinajstić information content (AvgIpc) is 3.27. The van der Waals surface area contributed by atoms with E-state index >= 15 is 0 Å². The van der Waals surface area contributed by atoms with Crippen molar-refractivity contribution in [1.29, 1.82) is 0 Å². The maximum absolute atomic E-state index is 12.9. The number of benzene rings is 1. The highest BCUT2D eigenvalue weighted by molar-refractivity contribution is 6.06. The second-order valence-corrected chi connectivity index (χ2v) is 7.04. The van der Waals surface area contributed by atoms with E-state index in [2.05, 4.69) is 15.5 Å². The van der Waals surface area contributed by atoms with Gasteiger partial charge in [0.15, 0.2) is 0 Å². The Balaban J connectivity index is 1.56. The summed E-state index contributed by atoms with van der Waals surface area (Å²) in [6, 6.07) is 4.83. The molecule has 2 heterocycles. The number of carbonyl (C=O) groups excluding carboxylic acids is 2. The molecular formula is C19H22N4O5. The quantitative estimate of drug-likeness (QED) is 0.787. The molecule has 0 unspecified atom stereocenters. The molecule has 148 valence electrons. The molecule has 1 saturated carbocycles. The number of methoxy groups -OCH3 is 2. The number of hydrogen-bond acceptors (Lipinski definition) is 7. The van der Waals surface area contributed by atoms with Crippen molar-refractivity contribution in [1.82, 2.24) is 20.4 Å². The number of imide groups is 1. The molecule has 2 aromatic rings. The molecule has 1 aromatic carbocycles. The molecule has 1 aliphatic heterocycles. The summed E-state index contributed by atoms with van der Waals surface area (Å²) in [6.45, 7) is -0.0638. The zero-order chi connectivity index (χ0) is 19.7. The van der Waals surface area contributed by atoms with Crippen LogP contribution in [0.5, 0.6) is 11.5 Å². The lowest BCUT2D eigenvalue weighted by Crippen LogP contribution is -2.48. The SMILES string of the molecule is COc1ccc(OC)c(-c2noc(CN3C(=O)NC4(CCCCC4)C3=O)n2)c1. The smallest absolute Gasteiger partial charge is 0.325 e. The number of nitrogens with zero attached hydrogens (tertiary/aromatic N) is 3. The number of rotatable bonds is 5. The lowest BCUT2D eigenvalue weighted by atomic mass is 9.82. The van der Waals surface area contributed by atoms with Gasteiger partial charge in [-0.05, 0) is 31.0 Å². The number of amides is 3. The first-order valence-corrected chi connectivity index (χ1v) is 9.25. The van der Waals surface area contributed by atoms with Gasteiger partial charge < -0.3 is 19.3 Å². The normalized spacial score (nSPS) is 18.4. The number of carbonyl (C=O) groups is 2. The zero-order valence-corrected chi connectivity index (χ0v) is 15.9. The van der Waals surface area contributed by atoms with Gasteiger partial charge in [-0.25, -0.2) is 4.79 Å². The lowest BCUT2D eigenvalue weighted by molar-refractivity contribution is -0.133. The van der Waals surface area contributed by atoms with Gasteiger partial charge in [-0.3, -0.25) is 9.69 Å². The van der Waals surface area contributed by atoms with Crippen molar-refractivity contribution in [3.63, 3.8) is 0 Å². The third-order valence-corrected chi connectivity index (χ3v) is 5.36. The van der Waals surface area contributed by atoms with E-state index in [1.807, 2.05) is 0 Å². The number of nitrogens with one attached hydrogen (secondary N) is 1. The Labute approximate surface area is 162 Å². The zero-order valence-electron chi connectivity index (χ0n) is 15.9. The fourth-order valence-electron chi connectivity index (χ4n) is 3.87. The van der Waals surface area contributed by atoms with Gasteiger partial charge in [0.2, 0.25) is 11.7 Å². The van der Waals surface area contributed by atoms with E-state index in [4.69, 9.17) is 14.0 Å². The standard InChI is InChI=1S/C19H22N4O5/c1-26-12-6-7-14(27-2)13(10-12)16-20-15(28-22-16)11-23-17(24)19(21-18(23)25)8-4-3-5-9-19/h6-7,10H,3-5,8-9,11H2,1-2H3,(H,21,25). The molecule has 0 radical (unpaired) electrons. The molecule has 1 aliphatic carbocycles. The summed E-state index contributed by atoms with van der Waals surface area (Å²) >= 11 is 0. The van der Waals surface area contributed by atoms with E-state index in [1.165, 1.54) is 0 Å². The van der Waals surface area contributed by atoms with Gasteiger partial charge in [-0.1, -0.05) is 24.4 Å². The third kappa shape index (κ3) is 3.06. The van der Waals surface area contributed by atoms with E-state index in [0.29, 0.717) is 35.7 Å². The highest BCUT2D eigenvalue weighted by Gasteiger charge is 2.51. The Morgan fingerprint density at radius 2 is 1.96 bits per heavy atom. The van der Waals surface area contributed by atoms with Gasteiger partial charge in [0, 0.05) is 0 Å². The van der Waals surface area contributed by atoms with Crippen molar-refractivity contribution < 1.29 is 23.6 Å². The first-order valence-electron chi connectivity index (χ1n) is 9.25. The maximum atomic E-state index is 12.9. The van der Waals surface area contributed by atoms with E-state index in [0.717, 1.165) is 24.2 Å². The second kappa shape index (κ2) is 7.14. The van der Waals surface area contributed by atoms with Crippen molar-refractivity contribution in [3.05, 3.63) is 24.1 Å². The predicted molar refractivity (Wildman–Crippen MR) is 97.7 cm³/mol. The third-order valence-electron chi connectivity index (χ3n) is 5.36. The van der Waals surface area contributed by atoms with E-state index < -0.39 is 11.6 Å². The van der Waals surface area contributed by atoms with Crippen molar-refractivity contribution in [2.24, 2.45) is 0 Å². The summed E-state index contributed by atoms with van der Waals surface area (Å²) < 4.78 is 15.9. The van der Waals surface area contributed by atoms with Crippen LogP contribution in [0.4, 0.5) is 4.79 Å². The predicted octanol–water partition coefficient (Wildman–Crippen LogP) is 2.51. The minimum absolute atomic E-state index is 0.0638. The van der Waals surface area contributed by atoms with Crippen LogP contribution < -0.4 is 14.8 Å². The van der Waals surface area contributed by atoms with E-state index in [1.54, 1.807) is 32.4 Å². The molecule has 2 fully saturated rings. The fourth-order valence-corrected chi connectivity index (χ4v) is 3.87. The van der Waals surface area contributed by atoms with Crippen LogP contribution in [-0.4, -0.2) is 46.7 Å². The van der Waals surface area contributed by atoms with Crippen LogP contribution in [0.15, 0.2) is 22.7 Å². The van der Waals surface area contributed by atoms with Crippen molar-refractivity contribution in [2.45, 2.75) is 44.2 Å². The number of ether oxygens (including phenoxy) is 2. The fraction of sp³-hybridized carbons (Fsp3) is 0.474. The highest BCUT2D eigenvalue weighted by Crippen LogP contribution is 2.35. The number of urea groups is 1. The molecule has 1 saturated heterocycles. The lowest BCUT2D eigenvalue weighted by Gasteiger charge is -2.30. The van der Waals surface area contributed by atoms with Crippen LogP contribution in [0.3, 0.4) is 0 Å². The van der Waals surface area contributed by atoms with Crippen molar-refractivity contribution in [2.75, 3.05) is 14.2 Å². The Morgan fingerprint density at radius 1 is 1.18 bits per heavy atom. The molecule has 1 aromatic heterocycles. The monoisotopic (exact) mass is 386 g/mol. The number of aromatic nitrogens is 2. The molecule has 3 amide bonds. The van der Waals surface area contributed by atoms with Crippen LogP contribution >= 0.6 is 0 Å². The summed E-state index contributed by atoms with van der Waals surface area (Å²) in [6.07, 6.45) is 4.29. The summed E-state index contributed by atoms with van der Waals surface area (Å²) in [7, 11) is 3.11. The summed E-state index contributed by atoms with van der Waals surface area (Å²) in [5, 5.41) is 6.85. The second-order valence-electron chi connectivity index (χ2n) is 7.04. The van der Waals surface area contributed by atoms with Crippen LogP contribution in [0.25, 0.3) is 11.4 Å². The summed E-state index contributed by atoms with van der Waals surface area (Å²) in [5.74, 6) is 1.44. The first-order chi connectivity index (χ1) is 13.6. The largest absolute Gasteiger partial charge is 0.497 e. The van der Waals surface area contributed by atoms with Gasteiger partial charge >= 0.3 is 6.03 Å². The summed E-state index contributed by atoms with van der Waals surface area (Å²) in [4.78, 5) is 30.8. The molecule has 1 spiro atoms. The highest BCUT2D eigenvalue weighted by atomic mass is 16.5. The maximum Gasteiger partial charge on any atom is 0.325 e. The summed E-state index contributed by atoms with van der Waals surface area (Å²) in [5.41, 5.74) is -0.174. The molecule has 0 atom stereocenters. The van der Waals surface area contributed by atoms with Gasteiger partial charge in [0.25, 0.3) is 5.91 Å². The Morgan fingerprint density at radius 3 is 2.68 bits per heavy atom. The van der Waals surface area contributed by atoms with Gasteiger partial charge in [0.1, 0.15) is 23.6 Å². The van der Waals surface area contributed by atoms with Gasteiger partial charge in [-0.15, -0.1) is 0 Å². The van der Waals surface area contributed by atoms with E-state index in [9.17, 15) is 9.59 Å². The van der Waals surface area contributed by atoms with E-state index in [-0.39, 0.29) is 18.3 Å². The first kappa shape index (κ1) is 18.3. The molecule has 9 nitrogen and oxygen atoms in total. The molecular weight excluding hydrogens is 364 g/mol. The molecule has 2 aliphatic rings. The molecule has 9 heteroatoms. The van der Waals surface area contributed by atoms with Crippen LogP contribution in [0, 0.1) is 0 Å². The Hall–Kier alpha value is -3.10. The van der Waals surface area contributed by atoms with Crippen molar-refractivity contribution >= 4 is 11.9 Å². The molecule has 1 N–H and O–H groups in total. The minimum Gasteiger partial charge on any atom is -0.497 e. The number of hydrogen-bond donors (Lipinski definition) is 1.